The Morgan fingerprint density at radius 3 is 2.86 bits per heavy atom. The molecule has 2 aromatic rings. The Morgan fingerprint density at radius 1 is 1.23 bits per heavy atom. The second kappa shape index (κ2) is 7.53. The molecule has 22 heavy (non-hydrogen) atoms. The number of thiophene rings is 1. The van der Waals surface area contributed by atoms with Crippen LogP contribution >= 0.6 is 34.7 Å². The second-order valence-electron chi connectivity index (χ2n) is 5.31. The number of carbonyl (C=O) groups excluding carboxylic acids is 1. The molecule has 2 heterocycles. The molecule has 2 nitrogen and oxygen atoms in total. The predicted octanol–water partition coefficient (Wildman–Crippen LogP) is 4.65. The van der Waals surface area contributed by atoms with Gasteiger partial charge in [-0.1, -0.05) is 35.9 Å². The maximum Gasteiger partial charge on any atom is 0.227 e. The Kier molecular flexibility index (Phi) is 5.45. The zero-order chi connectivity index (χ0) is 15.4. The fourth-order valence-corrected chi connectivity index (χ4v) is 4.97. The number of thioether (sulfide) groups is 1. The van der Waals surface area contributed by atoms with Crippen molar-refractivity contribution in [3.8, 4) is 0 Å². The maximum atomic E-state index is 12.4. The van der Waals surface area contributed by atoms with Crippen molar-refractivity contribution in [1.82, 2.24) is 4.90 Å². The Morgan fingerprint density at radius 2 is 2.09 bits per heavy atom. The highest BCUT2D eigenvalue weighted by molar-refractivity contribution is 7.99. The zero-order valence-corrected chi connectivity index (χ0v) is 14.6. The van der Waals surface area contributed by atoms with E-state index >= 15 is 0 Å². The van der Waals surface area contributed by atoms with Crippen molar-refractivity contribution in [2.45, 2.75) is 18.1 Å². The smallest absolute Gasteiger partial charge is 0.227 e. The number of nitrogens with zero attached hydrogens (tertiary/aromatic N) is 1. The van der Waals surface area contributed by atoms with Crippen LogP contribution < -0.4 is 0 Å². The molecule has 0 aliphatic carbocycles. The second-order valence-corrected chi connectivity index (χ2v) is 8.06. The first-order valence-corrected chi connectivity index (χ1v) is 9.71. The van der Waals surface area contributed by atoms with Gasteiger partial charge in [-0.2, -0.15) is 11.8 Å². The van der Waals surface area contributed by atoms with Gasteiger partial charge in [-0.3, -0.25) is 4.79 Å². The van der Waals surface area contributed by atoms with Gasteiger partial charge in [0.25, 0.3) is 0 Å². The molecule has 0 N–H and O–H groups in total. The molecule has 1 aliphatic heterocycles. The van der Waals surface area contributed by atoms with E-state index < -0.39 is 0 Å². The summed E-state index contributed by atoms with van der Waals surface area (Å²) in [4.78, 5) is 15.6. The Bertz CT molecular complexity index is 629. The van der Waals surface area contributed by atoms with Crippen LogP contribution in [-0.4, -0.2) is 29.6 Å². The normalized spacial score (nSPS) is 19.0. The molecular weight excluding hydrogens is 334 g/mol. The number of benzene rings is 1. The van der Waals surface area contributed by atoms with Crippen LogP contribution in [-0.2, 0) is 11.2 Å². The number of hydrogen-bond donors (Lipinski definition) is 0. The molecule has 5 heteroatoms. The van der Waals surface area contributed by atoms with E-state index in [0.29, 0.717) is 11.7 Å². The number of carbonyl (C=O) groups is 1. The molecule has 0 spiro atoms. The summed E-state index contributed by atoms with van der Waals surface area (Å²) in [7, 11) is 0. The standard InChI is InChI=1S/C17H18ClNOS2/c18-15-6-2-1-5-14(15)16-7-8-19(9-11-22-16)17(20)12-13-4-3-10-21-13/h1-6,10,16H,7-9,11-12H2. The van der Waals surface area contributed by atoms with E-state index in [4.69, 9.17) is 11.6 Å². The average Bonchev–Trinajstić information content (AvgIpc) is 2.90. The van der Waals surface area contributed by atoms with Crippen molar-refractivity contribution >= 4 is 40.6 Å². The average molecular weight is 352 g/mol. The Hall–Kier alpha value is -0.970. The van der Waals surface area contributed by atoms with Crippen LogP contribution in [0.25, 0.3) is 0 Å². The highest BCUT2D eigenvalue weighted by atomic mass is 35.5. The van der Waals surface area contributed by atoms with E-state index in [1.165, 1.54) is 5.56 Å². The SMILES string of the molecule is O=C(Cc1cccs1)N1CCSC(c2ccccc2Cl)CC1. The summed E-state index contributed by atoms with van der Waals surface area (Å²) in [5.41, 5.74) is 1.20. The third-order valence-electron chi connectivity index (χ3n) is 3.85. The summed E-state index contributed by atoms with van der Waals surface area (Å²) in [5, 5.41) is 3.24. The number of rotatable bonds is 3. The summed E-state index contributed by atoms with van der Waals surface area (Å²) in [6.45, 7) is 1.64. The Labute approximate surface area is 144 Å². The first kappa shape index (κ1) is 15.9. The van der Waals surface area contributed by atoms with Crippen LogP contribution in [0.4, 0.5) is 0 Å². The van der Waals surface area contributed by atoms with Gasteiger partial charge >= 0.3 is 0 Å². The molecule has 0 bridgehead atoms. The molecule has 1 saturated heterocycles. The summed E-state index contributed by atoms with van der Waals surface area (Å²) in [5.74, 6) is 1.20. The predicted molar refractivity (Wildman–Crippen MR) is 95.9 cm³/mol. The lowest BCUT2D eigenvalue weighted by Crippen LogP contribution is -2.33. The van der Waals surface area contributed by atoms with E-state index in [1.807, 2.05) is 52.4 Å². The lowest BCUT2D eigenvalue weighted by atomic mass is 10.1. The first-order valence-electron chi connectivity index (χ1n) is 7.40. The van der Waals surface area contributed by atoms with Gasteiger partial charge < -0.3 is 4.90 Å². The van der Waals surface area contributed by atoms with E-state index in [9.17, 15) is 4.79 Å². The minimum absolute atomic E-state index is 0.239. The number of amides is 1. The molecule has 1 fully saturated rings. The first-order chi connectivity index (χ1) is 10.7. The summed E-state index contributed by atoms with van der Waals surface area (Å²) >= 11 is 9.87. The van der Waals surface area contributed by atoms with Gasteiger partial charge in [0.05, 0.1) is 6.42 Å². The van der Waals surface area contributed by atoms with Gasteiger partial charge in [-0.25, -0.2) is 0 Å². The van der Waals surface area contributed by atoms with Crippen molar-refractivity contribution in [1.29, 1.82) is 0 Å². The van der Waals surface area contributed by atoms with Crippen molar-refractivity contribution < 1.29 is 4.79 Å². The fourth-order valence-electron chi connectivity index (χ4n) is 2.68. The van der Waals surface area contributed by atoms with Gasteiger partial charge in [0.2, 0.25) is 5.91 Å². The molecule has 1 amide bonds. The molecule has 1 aliphatic rings. The third kappa shape index (κ3) is 3.86. The molecule has 1 unspecified atom stereocenters. The maximum absolute atomic E-state index is 12.4. The van der Waals surface area contributed by atoms with Crippen LogP contribution in [0, 0.1) is 0 Å². The van der Waals surface area contributed by atoms with Gasteiger partial charge in [-0.05, 0) is 29.5 Å². The number of hydrogen-bond acceptors (Lipinski definition) is 3. The molecule has 0 saturated carbocycles. The lowest BCUT2D eigenvalue weighted by molar-refractivity contribution is -0.130. The van der Waals surface area contributed by atoms with E-state index in [-0.39, 0.29) is 5.91 Å². The summed E-state index contributed by atoms with van der Waals surface area (Å²) in [6.07, 6.45) is 1.49. The fraction of sp³-hybridized carbons (Fsp3) is 0.353. The Balaban J connectivity index is 1.62. The highest BCUT2D eigenvalue weighted by Crippen LogP contribution is 2.37. The van der Waals surface area contributed by atoms with E-state index in [2.05, 4.69) is 6.07 Å². The van der Waals surface area contributed by atoms with Crippen LogP contribution in [0.15, 0.2) is 41.8 Å². The highest BCUT2D eigenvalue weighted by Gasteiger charge is 2.23. The van der Waals surface area contributed by atoms with Crippen molar-refractivity contribution in [3.63, 3.8) is 0 Å². The van der Waals surface area contributed by atoms with Crippen molar-refractivity contribution in [2.75, 3.05) is 18.8 Å². The van der Waals surface area contributed by atoms with Crippen molar-refractivity contribution in [3.05, 3.63) is 57.2 Å². The lowest BCUT2D eigenvalue weighted by Gasteiger charge is -2.20. The van der Waals surface area contributed by atoms with Crippen LogP contribution in [0.3, 0.4) is 0 Å². The van der Waals surface area contributed by atoms with Crippen LogP contribution in [0.1, 0.15) is 22.1 Å². The molecule has 1 atom stereocenters. The molecule has 1 aromatic carbocycles. The molecule has 3 rings (SSSR count). The van der Waals surface area contributed by atoms with Crippen LogP contribution in [0.5, 0.6) is 0 Å². The van der Waals surface area contributed by atoms with Crippen molar-refractivity contribution in [2.24, 2.45) is 0 Å². The van der Waals surface area contributed by atoms with Gasteiger partial charge in [0.15, 0.2) is 0 Å². The minimum atomic E-state index is 0.239. The van der Waals surface area contributed by atoms with Gasteiger partial charge in [-0.15, -0.1) is 11.3 Å². The zero-order valence-electron chi connectivity index (χ0n) is 12.2. The minimum Gasteiger partial charge on any atom is -0.342 e. The van der Waals surface area contributed by atoms with E-state index in [1.54, 1.807) is 11.3 Å². The summed E-state index contributed by atoms with van der Waals surface area (Å²) < 4.78 is 0. The quantitative estimate of drug-likeness (QED) is 0.802. The third-order valence-corrected chi connectivity index (χ3v) is 6.38. The van der Waals surface area contributed by atoms with E-state index in [0.717, 1.165) is 35.2 Å². The molecule has 1 aromatic heterocycles. The summed E-state index contributed by atoms with van der Waals surface area (Å²) in [6, 6.07) is 12.1. The van der Waals surface area contributed by atoms with Gasteiger partial charge in [0.1, 0.15) is 0 Å². The monoisotopic (exact) mass is 351 g/mol. The molecular formula is C17H18ClNOS2. The topological polar surface area (TPSA) is 20.3 Å². The molecule has 116 valence electrons. The van der Waals surface area contributed by atoms with Gasteiger partial charge in [0, 0.05) is 34.0 Å². The number of halogens is 1. The van der Waals surface area contributed by atoms with Crippen LogP contribution in [0.2, 0.25) is 5.02 Å². The molecule has 0 radical (unpaired) electrons. The largest absolute Gasteiger partial charge is 0.342 e.